The minimum Gasteiger partial charge on any atom is -0.395 e. The van der Waals surface area contributed by atoms with Crippen molar-refractivity contribution in [2.75, 3.05) is 24.7 Å². The summed E-state index contributed by atoms with van der Waals surface area (Å²) in [5.74, 6) is -0.916. The molecule has 0 unspecified atom stereocenters. The lowest BCUT2D eigenvalue weighted by Gasteiger charge is -2.29. The topological polar surface area (TPSA) is 112 Å². The van der Waals surface area contributed by atoms with Crippen LogP contribution in [0.15, 0.2) is 23.1 Å². The Morgan fingerprint density at radius 3 is 2.39 bits per heavy atom. The van der Waals surface area contributed by atoms with Crippen molar-refractivity contribution in [3.63, 3.8) is 0 Å². The molecule has 0 aromatic heterocycles. The molecule has 1 saturated heterocycles. The Balaban J connectivity index is 2.48. The van der Waals surface area contributed by atoms with Crippen LogP contribution in [0.2, 0.25) is 0 Å². The molecule has 1 aromatic carbocycles. The number of aliphatic hydroxyl groups is 2. The first kappa shape index (κ1) is 18.3. The highest BCUT2D eigenvalue weighted by Gasteiger charge is 2.44. The second-order valence-electron chi connectivity index (χ2n) is 5.82. The number of aryl methyl sites for hydroxylation is 2. The average molecular weight is 363 g/mol. The molecule has 0 aliphatic carbocycles. The van der Waals surface area contributed by atoms with Gasteiger partial charge >= 0.3 is 0 Å². The minimum atomic E-state index is -4.03. The summed E-state index contributed by atoms with van der Waals surface area (Å²) < 4.78 is 50.1. The predicted octanol–water partition coefficient (Wildman–Crippen LogP) is -0.556. The van der Waals surface area contributed by atoms with E-state index in [1.165, 1.54) is 6.07 Å². The molecule has 1 fully saturated rings. The van der Waals surface area contributed by atoms with Crippen molar-refractivity contribution in [2.45, 2.75) is 30.9 Å². The highest BCUT2D eigenvalue weighted by Crippen LogP contribution is 2.27. The zero-order chi connectivity index (χ0) is 17.4. The number of aliphatic hydroxyl groups excluding tert-OH is 2. The Kier molecular flexibility index (Phi) is 5.17. The van der Waals surface area contributed by atoms with Gasteiger partial charge in [0, 0.05) is 6.54 Å². The molecule has 1 aromatic rings. The van der Waals surface area contributed by atoms with Crippen molar-refractivity contribution >= 4 is 19.9 Å². The summed E-state index contributed by atoms with van der Waals surface area (Å²) in [6.07, 6.45) is -1.30. The van der Waals surface area contributed by atoms with Gasteiger partial charge in [-0.3, -0.25) is 0 Å². The van der Waals surface area contributed by atoms with Gasteiger partial charge < -0.3 is 10.2 Å². The van der Waals surface area contributed by atoms with E-state index in [0.29, 0.717) is 5.56 Å². The molecular formula is C14H21NO6S2. The van der Waals surface area contributed by atoms with Gasteiger partial charge in [0.25, 0.3) is 0 Å². The molecule has 1 aliphatic rings. The Hall–Kier alpha value is -1.00. The first-order valence-electron chi connectivity index (χ1n) is 7.17. The highest BCUT2D eigenvalue weighted by molar-refractivity contribution is 7.92. The number of hydrogen-bond donors (Lipinski definition) is 2. The van der Waals surface area contributed by atoms with Crippen LogP contribution >= 0.6 is 0 Å². The van der Waals surface area contributed by atoms with E-state index in [-0.39, 0.29) is 11.4 Å². The third-order valence-corrected chi connectivity index (χ3v) is 7.68. The van der Waals surface area contributed by atoms with Gasteiger partial charge in [0.05, 0.1) is 35.2 Å². The lowest BCUT2D eigenvalue weighted by Crippen LogP contribution is -2.48. The molecular weight excluding hydrogens is 342 g/mol. The second-order valence-corrected chi connectivity index (χ2v) is 9.83. The van der Waals surface area contributed by atoms with Gasteiger partial charge in [0.2, 0.25) is 10.0 Å². The summed E-state index contributed by atoms with van der Waals surface area (Å²) in [6.45, 7) is 2.75. The normalized spacial score (nSPS) is 24.2. The fraction of sp³-hybridized carbons (Fsp3) is 0.571. The van der Waals surface area contributed by atoms with Crippen LogP contribution in [0.25, 0.3) is 0 Å². The van der Waals surface area contributed by atoms with Crippen LogP contribution in [0.3, 0.4) is 0 Å². The zero-order valence-electron chi connectivity index (χ0n) is 13.0. The maximum atomic E-state index is 12.9. The Bertz CT molecular complexity index is 787. The largest absolute Gasteiger partial charge is 0.395 e. The lowest BCUT2D eigenvalue weighted by atomic mass is 10.2. The van der Waals surface area contributed by atoms with E-state index < -0.39 is 50.1 Å². The Morgan fingerprint density at radius 2 is 1.91 bits per heavy atom. The summed E-state index contributed by atoms with van der Waals surface area (Å²) in [5, 5.41) is 19.2. The molecule has 2 rings (SSSR count). The fourth-order valence-electron chi connectivity index (χ4n) is 2.86. The molecule has 1 heterocycles. The van der Waals surface area contributed by atoms with E-state index in [0.717, 1.165) is 9.87 Å². The molecule has 0 amide bonds. The van der Waals surface area contributed by atoms with Crippen LogP contribution in [0, 0.1) is 13.8 Å². The molecule has 2 atom stereocenters. The quantitative estimate of drug-likeness (QED) is 0.726. The van der Waals surface area contributed by atoms with Crippen molar-refractivity contribution in [1.82, 2.24) is 4.31 Å². The molecule has 0 spiro atoms. The van der Waals surface area contributed by atoms with Crippen molar-refractivity contribution in [2.24, 2.45) is 0 Å². The van der Waals surface area contributed by atoms with Gasteiger partial charge in [-0.2, -0.15) is 4.31 Å². The van der Waals surface area contributed by atoms with Crippen molar-refractivity contribution < 1.29 is 27.0 Å². The molecule has 1 aliphatic heterocycles. The van der Waals surface area contributed by atoms with E-state index in [4.69, 9.17) is 0 Å². The predicted molar refractivity (Wildman–Crippen MR) is 85.3 cm³/mol. The molecule has 9 heteroatoms. The number of sulfone groups is 1. The van der Waals surface area contributed by atoms with Gasteiger partial charge in [-0.25, -0.2) is 16.8 Å². The first-order valence-corrected chi connectivity index (χ1v) is 10.4. The average Bonchev–Trinajstić information content (AvgIpc) is 2.68. The molecule has 23 heavy (non-hydrogen) atoms. The Labute approximate surface area is 136 Å². The van der Waals surface area contributed by atoms with Gasteiger partial charge in [0.1, 0.15) is 0 Å². The summed E-state index contributed by atoms with van der Waals surface area (Å²) in [5.41, 5.74) is 1.43. The van der Waals surface area contributed by atoms with E-state index in [1.54, 1.807) is 19.1 Å². The molecule has 0 saturated carbocycles. The van der Waals surface area contributed by atoms with Gasteiger partial charge in [0.15, 0.2) is 9.84 Å². The van der Waals surface area contributed by atoms with Crippen LogP contribution < -0.4 is 0 Å². The van der Waals surface area contributed by atoms with Gasteiger partial charge in [-0.05, 0) is 25.5 Å². The van der Waals surface area contributed by atoms with Gasteiger partial charge in [-0.1, -0.05) is 17.7 Å². The number of rotatable bonds is 5. The number of benzene rings is 1. The van der Waals surface area contributed by atoms with Crippen LogP contribution in [0.5, 0.6) is 0 Å². The lowest BCUT2D eigenvalue weighted by molar-refractivity contribution is 0.117. The van der Waals surface area contributed by atoms with E-state index in [1.807, 2.05) is 6.92 Å². The third kappa shape index (κ3) is 3.74. The van der Waals surface area contributed by atoms with E-state index in [2.05, 4.69) is 0 Å². The number of sulfonamides is 1. The summed E-state index contributed by atoms with van der Waals surface area (Å²) in [7, 11) is -7.53. The molecule has 0 radical (unpaired) electrons. The monoisotopic (exact) mass is 363 g/mol. The summed E-state index contributed by atoms with van der Waals surface area (Å²) in [6, 6.07) is 3.74. The van der Waals surface area contributed by atoms with Crippen molar-refractivity contribution in [3.05, 3.63) is 29.3 Å². The van der Waals surface area contributed by atoms with Crippen LogP contribution in [0.4, 0.5) is 0 Å². The molecule has 0 bridgehead atoms. The minimum absolute atomic E-state index is 0.0491. The molecule has 2 N–H and O–H groups in total. The van der Waals surface area contributed by atoms with Gasteiger partial charge in [-0.15, -0.1) is 0 Å². The first-order chi connectivity index (χ1) is 10.6. The summed E-state index contributed by atoms with van der Waals surface area (Å²) in [4.78, 5) is 0.0491. The van der Waals surface area contributed by atoms with Crippen LogP contribution in [-0.2, 0) is 19.9 Å². The maximum absolute atomic E-state index is 12.9. The fourth-order valence-corrected chi connectivity index (χ4v) is 6.61. The molecule has 7 nitrogen and oxygen atoms in total. The number of hydrogen-bond acceptors (Lipinski definition) is 6. The smallest absolute Gasteiger partial charge is 0.243 e. The third-order valence-electron chi connectivity index (χ3n) is 3.90. The van der Waals surface area contributed by atoms with Crippen molar-refractivity contribution in [1.29, 1.82) is 0 Å². The molecule has 130 valence electrons. The van der Waals surface area contributed by atoms with E-state index in [9.17, 15) is 27.0 Å². The standard InChI is InChI=1S/C14H21NO6S2/c1-10-3-4-14(11(2)7-10)23(20,21)15(5-6-16)12-8-22(18,19)9-13(12)17/h3-4,7,12-13,16-17H,5-6,8-9H2,1-2H3/t12-,13+/m1/s1. The zero-order valence-corrected chi connectivity index (χ0v) is 14.6. The maximum Gasteiger partial charge on any atom is 0.243 e. The highest BCUT2D eigenvalue weighted by atomic mass is 32.2. The SMILES string of the molecule is Cc1ccc(S(=O)(=O)N(CCO)[C@@H]2CS(=O)(=O)C[C@@H]2O)c(C)c1. The van der Waals surface area contributed by atoms with E-state index >= 15 is 0 Å². The van der Waals surface area contributed by atoms with Crippen molar-refractivity contribution in [3.8, 4) is 0 Å². The Morgan fingerprint density at radius 1 is 1.26 bits per heavy atom. The van der Waals surface area contributed by atoms with Crippen LogP contribution in [-0.4, -0.2) is 68.2 Å². The number of nitrogens with zero attached hydrogens (tertiary/aromatic N) is 1. The summed E-state index contributed by atoms with van der Waals surface area (Å²) >= 11 is 0. The second kappa shape index (κ2) is 6.48. The van der Waals surface area contributed by atoms with Crippen LogP contribution in [0.1, 0.15) is 11.1 Å².